The molecular weight excluding hydrogens is 272 g/mol. The summed E-state index contributed by atoms with van der Waals surface area (Å²) in [5.41, 5.74) is 13.8. The van der Waals surface area contributed by atoms with Gasteiger partial charge in [-0.1, -0.05) is 16.7 Å². The maximum atomic E-state index is 12.1. The Hall–Kier alpha value is -1.96. The van der Waals surface area contributed by atoms with Gasteiger partial charge in [0, 0.05) is 24.0 Å². The molecule has 2 nitrogen and oxygen atoms in total. The molecule has 6 aliphatic carbocycles. The van der Waals surface area contributed by atoms with Gasteiger partial charge in [-0.05, 0) is 66.4 Å². The number of hydrogen-bond acceptors (Lipinski definition) is 2. The van der Waals surface area contributed by atoms with E-state index in [9.17, 15) is 9.59 Å². The Morgan fingerprint density at radius 2 is 0.909 bits per heavy atom. The third-order valence-corrected chi connectivity index (χ3v) is 6.40. The summed E-state index contributed by atoms with van der Waals surface area (Å²) in [6.07, 6.45) is 7.27. The summed E-state index contributed by atoms with van der Waals surface area (Å²) in [5, 5.41) is 0. The maximum absolute atomic E-state index is 12.1. The molecule has 0 unspecified atom stereocenters. The summed E-state index contributed by atoms with van der Waals surface area (Å²) in [4.78, 5) is 24.1. The lowest BCUT2D eigenvalue weighted by atomic mass is 9.91. The van der Waals surface area contributed by atoms with Crippen molar-refractivity contribution in [2.45, 2.75) is 51.4 Å². The molecule has 0 spiro atoms. The third-order valence-electron chi connectivity index (χ3n) is 6.40. The molecule has 0 aliphatic heterocycles. The molecule has 0 bridgehead atoms. The van der Waals surface area contributed by atoms with Gasteiger partial charge in [-0.3, -0.25) is 9.59 Å². The van der Waals surface area contributed by atoms with Gasteiger partial charge < -0.3 is 0 Å². The van der Waals surface area contributed by atoms with E-state index in [0.717, 1.165) is 49.7 Å². The van der Waals surface area contributed by atoms with Gasteiger partial charge in [0.2, 0.25) is 0 Å². The smallest absolute Gasteiger partial charge is 0.159 e. The number of carbonyl (C=O) groups excluding carboxylic acids is 2. The monoisotopic (exact) mass is 288 g/mol. The molecule has 0 aromatic carbocycles. The van der Waals surface area contributed by atoms with Crippen LogP contribution in [0.3, 0.4) is 0 Å². The van der Waals surface area contributed by atoms with Crippen LogP contribution in [-0.4, -0.2) is 11.6 Å². The topological polar surface area (TPSA) is 34.1 Å². The molecule has 108 valence electrons. The average molecular weight is 288 g/mol. The van der Waals surface area contributed by atoms with Gasteiger partial charge in [-0.2, -0.15) is 0 Å². The lowest BCUT2D eigenvalue weighted by Crippen LogP contribution is -1.97. The third kappa shape index (κ3) is 1.13. The van der Waals surface area contributed by atoms with Crippen molar-refractivity contribution in [1.29, 1.82) is 0 Å². The first-order valence-corrected chi connectivity index (χ1v) is 8.40. The van der Waals surface area contributed by atoms with Crippen LogP contribution in [-0.2, 0) is 9.59 Å². The Bertz CT molecular complexity index is 824. The van der Waals surface area contributed by atoms with E-state index in [-0.39, 0.29) is 0 Å². The van der Waals surface area contributed by atoms with E-state index in [2.05, 4.69) is 0 Å². The fraction of sp³-hybridized carbons (Fsp3) is 0.400. The highest BCUT2D eigenvalue weighted by molar-refractivity contribution is 6.05. The molecule has 6 aliphatic rings. The Morgan fingerprint density at radius 1 is 0.455 bits per heavy atom. The molecule has 0 radical (unpaired) electrons. The fourth-order valence-electron chi connectivity index (χ4n) is 5.60. The van der Waals surface area contributed by atoms with E-state index in [1.54, 1.807) is 5.57 Å². The van der Waals surface area contributed by atoms with Crippen LogP contribution >= 0.6 is 0 Å². The van der Waals surface area contributed by atoms with E-state index in [1.807, 2.05) is 0 Å². The van der Waals surface area contributed by atoms with E-state index in [0.29, 0.717) is 24.4 Å². The minimum atomic E-state index is 0.376. The summed E-state index contributed by atoms with van der Waals surface area (Å²) in [5.74, 6) is 0.752. The molecular formula is C20H16O2. The van der Waals surface area contributed by atoms with Gasteiger partial charge in [0.05, 0.1) is 0 Å². The summed E-state index contributed by atoms with van der Waals surface area (Å²) in [6.45, 7) is 0. The van der Waals surface area contributed by atoms with Gasteiger partial charge in [0.15, 0.2) is 11.6 Å². The molecule has 0 aromatic heterocycles. The number of fused-ring (bicyclic) bond motifs is 4. The number of rotatable bonds is 0. The van der Waals surface area contributed by atoms with E-state index >= 15 is 0 Å². The van der Waals surface area contributed by atoms with Crippen LogP contribution < -0.4 is 0 Å². The van der Waals surface area contributed by atoms with Crippen molar-refractivity contribution in [3.05, 3.63) is 55.7 Å². The van der Waals surface area contributed by atoms with Crippen LogP contribution in [0.25, 0.3) is 0 Å². The van der Waals surface area contributed by atoms with Crippen molar-refractivity contribution in [1.82, 2.24) is 0 Å². The summed E-state index contributed by atoms with van der Waals surface area (Å²) in [7, 11) is 0. The van der Waals surface area contributed by atoms with Crippen LogP contribution in [0.4, 0.5) is 0 Å². The summed E-state index contributed by atoms with van der Waals surface area (Å²) >= 11 is 0. The van der Waals surface area contributed by atoms with Gasteiger partial charge >= 0.3 is 0 Å². The number of Topliss-reactive ketones (excluding diaryl/α,β-unsaturated/α-hetero) is 2. The zero-order valence-electron chi connectivity index (χ0n) is 12.5. The molecule has 0 fully saturated rings. The first-order valence-electron chi connectivity index (χ1n) is 8.40. The highest BCUT2D eigenvalue weighted by Crippen LogP contribution is 2.60. The average Bonchev–Trinajstić information content (AvgIpc) is 3.23. The molecule has 6 rings (SSSR count). The second kappa shape index (κ2) is 3.51. The minimum Gasteiger partial charge on any atom is -0.295 e. The zero-order chi connectivity index (χ0) is 14.6. The van der Waals surface area contributed by atoms with E-state index in [1.165, 1.54) is 39.0 Å². The number of ketones is 2. The second-order valence-electron chi connectivity index (χ2n) is 7.40. The van der Waals surface area contributed by atoms with E-state index < -0.39 is 0 Å². The highest BCUT2D eigenvalue weighted by Gasteiger charge is 2.45. The second-order valence-corrected chi connectivity index (χ2v) is 7.40. The Kier molecular flexibility index (Phi) is 1.85. The van der Waals surface area contributed by atoms with Gasteiger partial charge in [0.25, 0.3) is 0 Å². The lowest BCUT2D eigenvalue weighted by Gasteiger charge is -2.13. The van der Waals surface area contributed by atoms with Gasteiger partial charge in [-0.15, -0.1) is 0 Å². The minimum absolute atomic E-state index is 0.376. The predicted molar refractivity (Wildman–Crippen MR) is 82.1 cm³/mol. The highest BCUT2D eigenvalue weighted by atomic mass is 16.1. The van der Waals surface area contributed by atoms with Crippen LogP contribution in [0.2, 0.25) is 0 Å². The lowest BCUT2D eigenvalue weighted by molar-refractivity contribution is -0.115. The molecule has 0 aromatic rings. The Balaban J connectivity index is 1.52. The van der Waals surface area contributed by atoms with Gasteiger partial charge in [0.1, 0.15) is 0 Å². The Morgan fingerprint density at radius 3 is 1.41 bits per heavy atom. The molecule has 0 N–H and O–H groups in total. The van der Waals surface area contributed by atoms with Crippen LogP contribution in [0.5, 0.6) is 0 Å². The zero-order valence-corrected chi connectivity index (χ0v) is 12.5. The molecule has 0 heterocycles. The SMILES string of the molecule is O=C1CCC2=C1CC1=C2C2=C(C1)CC1=C2C2=C(C1)C(=O)CC2. The predicted octanol–water partition coefficient (Wildman–Crippen LogP) is 3.81. The number of hydrogen-bond donors (Lipinski definition) is 0. The summed E-state index contributed by atoms with van der Waals surface area (Å²) in [6, 6.07) is 0. The largest absolute Gasteiger partial charge is 0.295 e. The van der Waals surface area contributed by atoms with E-state index in [4.69, 9.17) is 0 Å². The van der Waals surface area contributed by atoms with Crippen molar-refractivity contribution < 1.29 is 9.59 Å². The number of carbonyl (C=O) groups is 2. The van der Waals surface area contributed by atoms with Crippen LogP contribution in [0.1, 0.15) is 51.4 Å². The van der Waals surface area contributed by atoms with Crippen LogP contribution in [0.15, 0.2) is 55.7 Å². The standard InChI is InChI=1S/C20H16O2/c21-16-3-1-12-14(16)7-10-5-9-6-11-8-15-13(2-4-17(15)22)19(11)20(9)18(10)12/h1-8H2. The fourth-order valence-corrected chi connectivity index (χ4v) is 5.60. The van der Waals surface area contributed by atoms with Crippen molar-refractivity contribution in [2.75, 3.05) is 0 Å². The first-order chi connectivity index (χ1) is 10.7. The Labute approximate surface area is 129 Å². The number of allylic oxidation sites excluding steroid dienone is 10. The summed E-state index contributed by atoms with van der Waals surface area (Å²) < 4.78 is 0. The van der Waals surface area contributed by atoms with Crippen molar-refractivity contribution in [2.24, 2.45) is 0 Å². The van der Waals surface area contributed by atoms with Crippen LogP contribution in [0, 0.1) is 0 Å². The molecule has 22 heavy (non-hydrogen) atoms. The molecule has 0 saturated carbocycles. The van der Waals surface area contributed by atoms with Crippen molar-refractivity contribution in [3.63, 3.8) is 0 Å². The first kappa shape index (κ1) is 11.6. The van der Waals surface area contributed by atoms with Crippen molar-refractivity contribution >= 4 is 11.6 Å². The molecule has 0 amide bonds. The molecule has 2 heteroatoms. The van der Waals surface area contributed by atoms with Gasteiger partial charge in [-0.25, -0.2) is 0 Å². The quantitative estimate of drug-likeness (QED) is 0.679. The molecule has 0 atom stereocenters. The van der Waals surface area contributed by atoms with Crippen molar-refractivity contribution in [3.8, 4) is 0 Å². The maximum Gasteiger partial charge on any atom is 0.159 e. The normalized spacial score (nSPS) is 28.5. The molecule has 0 saturated heterocycles.